The Morgan fingerprint density at radius 3 is 2.03 bits per heavy atom. The van der Waals surface area contributed by atoms with Crippen LogP contribution < -0.4 is 10.4 Å². The number of hydrogen-bond donors (Lipinski definition) is 3. The first-order chi connectivity index (χ1) is 16.9. The second-order valence-corrected chi connectivity index (χ2v) is 9.85. The Hall–Kier alpha value is -2.77. The van der Waals surface area contributed by atoms with Crippen LogP contribution >= 0.6 is 12.4 Å². The molecule has 1 aliphatic carbocycles. The molecule has 5 rings (SSSR count). The van der Waals surface area contributed by atoms with Gasteiger partial charge in [0.05, 0.1) is 0 Å². The van der Waals surface area contributed by atoms with Gasteiger partial charge in [-0.25, -0.2) is 0 Å². The fourth-order valence-corrected chi connectivity index (χ4v) is 5.39. The molecule has 0 saturated carbocycles. The first-order valence-electron chi connectivity index (χ1n) is 12.5. The van der Waals surface area contributed by atoms with Crippen LogP contribution in [0.2, 0.25) is 0 Å². The highest BCUT2D eigenvalue weighted by molar-refractivity contribution is 6.58. The summed E-state index contributed by atoms with van der Waals surface area (Å²) < 4.78 is 0. The van der Waals surface area contributed by atoms with Crippen molar-refractivity contribution in [3.63, 3.8) is 0 Å². The zero-order valence-corrected chi connectivity index (χ0v) is 21.7. The van der Waals surface area contributed by atoms with E-state index < -0.39 is 7.12 Å². The molecule has 36 heavy (non-hydrogen) atoms. The van der Waals surface area contributed by atoms with Crippen molar-refractivity contribution in [2.45, 2.75) is 32.7 Å². The lowest BCUT2D eigenvalue weighted by molar-refractivity contribution is 0.209. The molecule has 1 fully saturated rings. The van der Waals surface area contributed by atoms with Crippen LogP contribution in [0.25, 0.3) is 11.1 Å². The van der Waals surface area contributed by atoms with Crippen LogP contribution in [0.15, 0.2) is 66.7 Å². The number of halogens is 1. The van der Waals surface area contributed by atoms with E-state index in [4.69, 9.17) is 0 Å². The summed E-state index contributed by atoms with van der Waals surface area (Å²) in [6, 6.07) is 22.6. The molecule has 0 aromatic heterocycles. The van der Waals surface area contributed by atoms with Gasteiger partial charge >= 0.3 is 7.12 Å². The number of phenolic OH excluding ortho intramolecular Hbond substituents is 1. The summed E-state index contributed by atoms with van der Waals surface area (Å²) >= 11 is 0. The number of anilines is 1. The van der Waals surface area contributed by atoms with Crippen LogP contribution in [0, 0.1) is 0 Å². The SMILES string of the molecule is CC(C)N1CCN(c2ccc(C3=C(c4ccc(O)cc4)CCc4cc(B(O)O)ccc43)cc2)CC1.Cl. The summed E-state index contributed by atoms with van der Waals surface area (Å²) in [6.07, 6.45) is 1.67. The van der Waals surface area contributed by atoms with Crippen molar-refractivity contribution in [2.24, 2.45) is 0 Å². The van der Waals surface area contributed by atoms with Gasteiger partial charge < -0.3 is 20.1 Å². The van der Waals surface area contributed by atoms with Crippen molar-refractivity contribution in [3.05, 3.63) is 89.0 Å². The molecule has 2 aliphatic rings. The van der Waals surface area contributed by atoms with Gasteiger partial charge in [-0.2, -0.15) is 0 Å². The van der Waals surface area contributed by atoms with Crippen molar-refractivity contribution in [1.82, 2.24) is 4.90 Å². The molecule has 0 radical (unpaired) electrons. The number of benzene rings is 3. The Balaban J connectivity index is 0.00000304. The Kier molecular flexibility index (Phi) is 8.11. The molecule has 0 spiro atoms. The summed E-state index contributed by atoms with van der Waals surface area (Å²) in [4.78, 5) is 4.98. The minimum Gasteiger partial charge on any atom is -0.508 e. The van der Waals surface area contributed by atoms with Gasteiger partial charge in [-0.05, 0) is 89.8 Å². The molecule has 3 aromatic carbocycles. The summed E-state index contributed by atoms with van der Waals surface area (Å²) in [5.74, 6) is 0.260. The molecule has 7 heteroatoms. The average molecular weight is 505 g/mol. The van der Waals surface area contributed by atoms with E-state index in [1.54, 1.807) is 18.2 Å². The second kappa shape index (κ2) is 11.1. The first kappa shape index (κ1) is 26.3. The highest BCUT2D eigenvalue weighted by atomic mass is 35.5. The number of piperazine rings is 1. The fourth-order valence-electron chi connectivity index (χ4n) is 5.39. The molecule has 0 amide bonds. The van der Waals surface area contributed by atoms with Gasteiger partial charge in [0, 0.05) is 37.9 Å². The molecule has 3 aromatic rings. The molecule has 5 nitrogen and oxygen atoms in total. The maximum Gasteiger partial charge on any atom is 0.488 e. The molecule has 0 unspecified atom stereocenters. The van der Waals surface area contributed by atoms with E-state index in [-0.39, 0.29) is 18.2 Å². The normalized spacial score (nSPS) is 16.1. The molecule has 1 aliphatic heterocycles. The van der Waals surface area contributed by atoms with E-state index in [0.717, 1.165) is 61.3 Å². The zero-order chi connectivity index (χ0) is 24.5. The quantitative estimate of drug-likeness (QED) is 0.460. The van der Waals surface area contributed by atoms with Crippen LogP contribution in [0.3, 0.4) is 0 Å². The van der Waals surface area contributed by atoms with E-state index in [0.29, 0.717) is 11.5 Å². The third-order valence-corrected chi connectivity index (χ3v) is 7.42. The van der Waals surface area contributed by atoms with Crippen molar-refractivity contribution < 1.29 is 15.2 Å². The second-order valence-electron chi connectivity index (χ2n) is 9.85. The van der Waals surface area contributed by atoms with Crippen LogP contribution in [0.4, 0.5) is 5.69 Å². The van der Waals surface area contributed by atoms with Gasteiger partial charge in [-0.15, -0.1) is 12.4 Å². The standard InChI is InChI=1S/C29H33BN2O3.ClH/c1-20(2)31-15-17-32(18-16-31)25-9-3-22(4-10-25)29-27(21-5-11-26(33)12-6-21)13-7-23-19-24(30(34)35)8-14-28(23)29;/h3-6,8-12,14,19-20,33-35H,7,13,15-18H2,1-2H3;1H. The third-order valence-electron chi connectivity index (χ3n) is 7.42. The highest BCUT2D eigenvalue weighted by Crippen LogP contribution is 2.41. The summed E-state index contributed by atoms with van der Waals surface area (Å²) in [5, 5.41) is 29.2. The molecule has 0 bridgehead atoms. The molecule has 1 saturated heterocycles. The first-order valence-corrected chi connectivity index (χ1v) is 12.5. The lowest BCUT2D eigenvalue weighted by Gasteiger charge is -2.38. The largest absolute Gasteiger partial charge is 0.508 e. The molecule has 0 atom stereocenters. The van der Waals surface area contributed by atoms with Crippen molar-refractivity contribution in [2.75, 3.05) is 31.1 Å². The van der Waals surface area contributed by atoms with Gasteiger partial charge in [-0.3, -0.25) is 4.90 Å². The van der Waals surface area contributed by atoms with Gasteiger partial charge in [0.2, 0.25) is 0 Å². The van der Waals surface area contributed by atoms with Gasteiger partial charge in [0.25, 0.3) is 0 Å². The van der Waals surface area contributed by atoms with E-state index >= 15 is 0 Å². The van der Waals surface area contributed by atoms with Gasteiger partial charge in [-0.1, -0.05) is 42.5 Å². The van der Waals surface area contributed by atoms with Gasteiger partial charge in [0.15, 0.2) is 0 Å². The van der Waals surface area contributed by atoms with Crippen molar-refractivity contribution >= 4 is 41.8 Å². The molecule has 3 N–H and O–H groups in total. The van der Waals surface area contributed by atoms with Crippen LogP contribution in [0.5, 0.6) is 5.75 Å². The van der Waals surface area contributed by atoms with Crippen LogP contribution in [-0.4, -0.2) is 59.4 Å². The topological polar surface area (TPSA) is 67.2 Å². The molecular formula is C29H34BClN2O3. The number of aromatic hydroxyl groups is 1. The predicted molar refractivity (Wildman–Crippen MR) is 151 cm³/mol. The van der Waals surface area contributed by atoms with Crippen molar-refractivity contribution in [1.29, 1.82) is 0 Å². The van der Waals surface area contributed by atoms with Crippen LogP contribution in [-0.2, 0) is 6.42 Å². The Morgan fingerprint density at radius 1 is 0.778 bits per heavy atom. The van der Waals surface area contributed by atoms with Gasteiger partial charge in [0.1, 0.15) is 5.75 Å². The predicted octanol–water partition coefficient (Wildman–Crippen LogP) is 3.93. The number of allylic oxidation sites excluding steroid dienone is 1. The number of rotatable bonds is 5. The van der Waals surface area contributed by atoms with E-state index in [1.807, 2.05) is 24.3 Å². The number of nitrogens with zero attached hydrogens (tertiary/aromatic N) is 2. The summed E-state index contributed by atoms with van der Waals surface area (Å²) in [7, 11) is -1.47. The lowest BCUT2D eigenvalue weighted by atomic mass is 9.74. The average Bonchev–Trinajstić information content (AvgIpc) is 2.88. The van der Waals surface area contributed by atoms with E-state index in [2.05, 4.69) is 47.9 Å². The molecular weight excluding hydrogens is 471 g/mol. The monoisotopic (exact) mass is 504 g/mol. The maximum absolute atomic E-state index is 9.81. The zero-order valence-electron chi connectivity index (χ0n) is 20.9. The number of phenols is 1. The Labute approximate surface area is 220 Å². The smallest absolute Gasteiger partial charge is 0.488 e. The van der Waals surface area contributed by atoms with E-state index in [1.165, 1.54) is 16.8 Å². The fraction of sp³-hybridized carbons (Fsp3) is 0.310. The number of aryl methyl sites for hydroxylation is 1. The summed E-state index contributed by atoms with van der Waals surface area (Å²) in [6.45, 7) is 8.76. The molecule has 188 valence electrons. The minimum atomic E-state index is -1.47. The minimum absolute atomic E-state index is 0. The molecule has 1 heterocycles. The highest BCUT2D eigenvalue weighted by Gasteiger charge is 2.24. The Bertz CT molecular complexity index is 1220. The van der Waals surface area contributed by atoms with Crippen molar-refractivity contribution in [3.8, 4) is 5.75 Å². The van der Waals surface area contributed by atoms with Crippen LogP contribution in [0.1, 0.15) is 42.5 Å². The summed E-state index contributed by atoms with van der Waals surface area (Å²) in [5.41, 5.74) is 8.69. The maximum atomic E-state index is 9.81. The Morgan fingerprint density at radius 2 is 1.42 bits per heavy atom. The number of fused-ring (bicyclic) bond motifs is 1. The third kappa shape index (κ3) is 5.32. The van der Waals surface area contributed by atoms with E-state index in [9.17, 15) is 15.2 Å². The number of hydrogen-bond acceptors (Lipinski definition) is 5. The lowest BCUT2D eigenvalue weighted by Crippen LogP contribution is -2.48.